The standard InChI is InChI=1S/Al.Fe.Li.2H3O4P/c;;;2*1-5(2,3)4/h;;;2*(H3,1,2,3,4)/q+3;+2;+1;;/p-6. The molecule has 0 aliphatic carbocycles. The Balaban J connectivity index is -0.0000000267. The first-order valence-corrected chi connectivity index (χ1v) is 4.38. The van der Waals surface area contributed by atoms with Gasteiger partial charge in [0.1, 0.15) is 0 Å². The van der Waals surface area contributed by atoms with Crippen LogP contribution in [-0.4, -0.2) is 17.4 Å². The number of phosphoric acid groups is 2. The summed E-state index contributed by atoms with van der Waals surface area (Å²) in [6, 6.07) is 0. The largest absolute Gasteiger partial charge is 3.00 e. The van der Waals surface area contributed by atoms with Crippen LogP contribution < -0.4 is 48.2 Å². The van der Waals surface area contributed by atoms with Gasteiger partial charge in [-0.25, -0.2) is 0 Å². The molecule has 13 heteroatoms. The summed E-state index contributed by atoms with van der Waals surface area (Å²) in [5.41, 5.74) is 0. The van der Waals surface area contributed by atoms with E-state index in [-0.39, 0.29) is 53.3 Å². The van der Waals surface area contributed by atoms with Gasteiger partial charge in [0, 0.05) is 0 Å². The third-order valence-corrected chi connectivity index (χ3v) is 0. The number of rotatable bonds is 0. The maximum absolute atomic E-state index is 8.55. The molecule has 0 aliphatic heterocycles. The van der Waals surface area contributed by atoms with Crippen molar-refractivity contribution in [1.82, 2.24) is 0 Å². The quantitative estimate of drug-likeness (QED) is 0.310. The topological polar surface area (TPSA) is 172 Å². The van der Waals surface area contributed by atoms with Crippen molar-refractivity contribution in [3.8, 4) is 0 Å². The Morgan fingerprint density at radius 1 is 0.692 bits per heavy atom. The smallest absolute Gasteiger partial charge is 0.822 e. The molecule has 0 saturated heterocycles. The fourth-order valence-electron chi connectivity index (χ4n) is 0. The van der Waals surface area contributed by atoms with Crippen molar-refractivity contribution in [1.29, 1.82) is 0 Å². The minimum absolute atomic E-state index is 0. The molecular weight excluding hydrogens is 280 g/mol. The number of hydrogen-bond donors (Lipinski definition) is 0. The maximum atomic E-state index is 8.55. The third-order valence-electron chi connectivity index (χ3n) is 0. The van der Waals surface area contributed by atoms with Crippen LogP contribution in [0.2, 0.25) is 0 Å². The molecule has 0 aliphatic rings. The van der Waals surface area contributed by atoms with E-state index in [0.717, 1.165) is 0 Å². The van der Waals surface area contributed by atoms with Crippen molar-refractivity contribution < 1.29 is 74.4 Å². The molecule has 8 nitrogen and oxygen atoms in total. The average Bonchev–Trinajstić information content (AvgIpc) is 1.12. The molecule has 0 rings (SSSR count). The fraction of sp³-hybridized carbons (Fsp3) is 0. The van der Waals surface area contributed by atoms with Crippen molar-refractivity contribution in [2.75, 3.05) is 0 Å². The maximum Gasteiger partial charge on any atom is 3.00 e. The molecule has 0 heterocycles. The van der Waals surface area contributed by atoms with Gasteiger partial charge in [-0.2, -0.15) is 15.6 Å². The average molecular weight is 280 g/mol. The first kappa shape index (κ1) is 29.4. The van der Waals surface area contributed by atoms with E-state index in [1.807, 2.05) is 0 Å². The van der Waals surface area contributed by atoms with E-state index in [0.29, 0.717) is 0 Å². The molecule has 0 aromatic carbocycles. The Morgan fingerprint density at radius 2 is 0.692 bits per heavy atom. The second-order valence-corrected chi connectivity index (χ2v) is 2.68. The normalized spacial score (nSPS) is 9.08. The van der Waals surface area contributed by atoms with E-state index in [4.69, 9.17) is 38.5 Å². The van der Waals surface area contributed by atoms with Gasteiger partial charge in [0.2, 0.25) is 0 Å². The van der Waals surface area contributed by atoms with Crippen LogP contribution in [0, 0.1) is 0 Å². The van der Waals surface area contributed by atoms with Crippen LogP contribution in [0.3, 0.4) is 0 Å². The second kappa shape index (κ2) is 11.9. The first-order chi connectivity index (χ1) is 4.00. The molecule has 0 aromatic heterocycles. The summed E-state index contributed by atoms with van der Waals surface area (Å²) in [5.74, 6) is 0. The van der Waals surface area contributed by atoms with Gasteiger partial charge >= 0.3 is 53.3 Å². The molecule has 0 unspecified atom stereocenters. The summed E-state index contributed by atoms with van der Waals surface area (Å²) >= 11 is 0. The zero-order valence-corrected chi connectivity index (χ0v) is 10.1. The van der Waals surface area contributed by atoms with Crippen molar-refractivity contribution in [3.63, 3.8) is 0 Å². The molecular formula is AlFeLiO8P2. The van der Waals surface area contributed by atoms with Gasteiger partial charge in [0.15, 0.2) is 0 Å². The van der Waals surface area contributed by atoms with Crippen LogP contribution in [0.4, 0.5) is 0 Å². The Morgan fingerprint density at radius 3 is 0.692 bits per heavy atom. The van der Waals surface area contributed by atoms with E-state index >= 15 is 0 Å². The van der Waals surface area contributed by atoms with Gasteiger partial charge in [0.05, 0.1) is 0 Å². The Kier molecular flexibility index (Phi) is 27.0. The van der Waals surface area contributed by atoms with Gasteiger partial charge in [-0.1, -0.05) is 0 Å². The van der Waals surface area contributed by atoms with Crippen LogP contribution in [0.1, 0.15) is 0 Å². The summed E-state index contributed by atoms with van der Waals surface area (Å²) in [7, 11) is -10.8. The van der Waals surface area contributed by atoms with E-state index < -0.39 is 15.6 Å². The molecule has 13 heavy (non-hydrogen) atoms. The molecule has 0 radical (unpaired) electrons. The van der Waals surface area contributed by atoms with Gasteiger partial charge in [-0.05, 0) is 0 Å². The summed E-state index contributed by atoms with van der Waals surface area (Å²) in [6.45, 7) is 0. The van der Waals surface area contributed by atoms with E-state index in [1.54, 1.807) is 0 Å². The zero-order chi connectivity index (χ0) is 9.00. The molecule has 0 aromatic rings. The van der Waals surface area contributed by atoms with Gasteiger partial charge < -0.3 is 38.5 Å². The van der Waals surface area contributed by atoms with Gasteiger partial charge in [-0.15, -0.1) is 0 Å². The fourth-order valence-corrected chi connectivity index (χ4v) is 0. The zero-order valence-electron chi connectivity index (χ0n) is 6.09. The van der Waals surface area contributed by atoms with Crippen molar-refractivity contribution in [3.05, 3.63) is 0 Å². The minimum atomic E-state index is -5.39. The molecule has 0 bridgehead atoms. The van der Waals surface area contributed by atoms with Crippen LogP contribution in [0.5, 0.6) is 0 Å². The van der Waals surface area contributed by atoms with Crippen LogP contribution in [0.15, 0.2) is 0 Å². The minimum Gasteiger partial charge on any atom is -0.822 e. The Labute approximate surface area is 107 Å². The SMILES string of the molecule is O=P([O-])([O-])[O-].O=P([O-])([O-])[O-].[Al+3].[Fe+2].[Li+]. The predicted molar refractivity (Wildman–Crippen MR) is 21.0 cm³/mol. The summed E-state index contributed by atoms with van der Waals surface area (Å²) < 4.78 is 17.1. The molecule has 0 spiro atoms. The van der Waals surface area contributed by atoms with Crippen LogP contribution in [0.25, 0.3) is 0 Å². The summed E-state index contributed by atoms with van der Waals surface area (Å²) in [5, 5.41) is 0. The molecule has 0 saturated carbocycles. The van der Waals surface area contributed by atoms with Crippen molar-refractivity contribution in [2.45, 2.75) is 0 Å². The van der Waals surface area contributed by atoms with E-state index in [9.17, 15) is 0 Å². The Hall–Kier alpha value is 1.87. The molecule has 0 atom stereocenters. The van der Waals surface area contributed by atoms with Gasteiger partial charge in [0.25, 0.3) is 0 Å². The summed E-state index contributed by atoms with van der Waals surface area (Å²) in [6.07, 6.45) is 0. The van der Waals surface area contributed by atoms with Crippen molar-refractivity contribution in [2.24, 2.45) is 0 Å². The third kappa shape index (κ3) is 559. The van der Waals surface area contributed by atoms with Crippen molar-refractivity contribution >= 4 is 33.0 Å². The summed E-state index contributed by atoms with van der Waals surface area (Å²) in [4.78, 5) is 51.3. The van der Waals surface area contributed by atoms with Crippen LogP contribution in [-0.2, 0) is 26.2 Å². The first-order valence-electron chi connectivity index (χ1n) is 1.46. The van der Waals surface area contributed by atoms with Crippen LogP contribution >= 0.6 is 15.6 Å². The monoisotopic (exact) mass is 280 g/mol. The molecule has 0 amide bonds. The molecule has 70 valence electrons. The second-order valence-electron chi connectivity index (χ2n) is 0.894. The molecule has 0 N–H and O–H groups in total. The number of hydrogen-bond acceptors (Lipinski definition) is 8. The predicted octanol–water partition coefficient (Wildman–Crippen LogP) is -9.03. The van der Waals surface area contributed by atoms with E-state index in [2.05, 4.69) is 0 Å². The Bertz CT molecular complexity index is 134. The molecule has 0 fully saturated rings. The van der Waals surface area contributed by atoms with Gasteiger partial charge in [-0.3, -0.25) is 0 Å². The van der Waals surface area contributed by atoms with E-state index in [1.165, 1.54) is 0 Å².